The second-order valence-electron chi connectivity index (χ2n) is 3.93. The van der Waals surface area contributed by atoms with Crippen molar-refractivity contribution in [2.24, 2.45) is 0 Å². The van der Waals surface area contributed by atoms with E-state index in [0.29, 0.717) is 17.5 Å². The molecule has 0 spiro atoms. The number of carbonyl (C=O) groups is 3. The van der Waals surface area contributed by atoms with E-state index in [-0.39, 0.29) is 5.56 Å². The molecule has 0 aliphatic carbocycles. The van der Waals surface area contributed by atoms with Gasteiger partial charge < -0.3 is 10.4 Å². The monoisotopic (exact) mass is 248 g/mol. The molecule has 2 rings (SSSR count). The number of urea groups is 1. The molecule has 6 nitrogen and oxygen atoms in total. The number of carboxylic acid groups (broad SMARTS) is 1. The zero-order chi connectivity index (χ0) is 13.3. The van der Waals surface area contributed by atoms with Gasteiger partial charge in [0.25, 0.3) is 5.91 Å². The van der Waals surface area contributed by atoms with Gasteiger partial charge in [-0.1, -0.05) is 19.1 Å². The maximum Gasteiger partial charge on any atom is 0.335 e. The lowest BCUT2D eigenvalue weighted by molar-refractivity contribution is -0.120. The van der Waals surface area contributed by atoms with Crippen molar-refractivity contribution in [1.82, 2.24) is 10.6 Å². The molecule has 1 atom stereocenters. The first-order valence-corrected chi connectivity index (χ1v) is 5.51. The molecular formula is C12H12N2O4. The second-order valence-corrected chi connectivity index (χ2v) is 3.93. The lowest BCUT2D eigenvalue weighted by Gasteiger charge is -2.14. The van der Waals surface area contributed by atoms with E-state index in [2.05, 4.69) is 10.6 Å². The van der Waals surface area contributed by atoms with E-state index in [1.54, 1.807) is 19.1 Å². The molecule has 0 bridgehead atoms. The van der Waals surface area contributed by atoms with Crippen molar-refractivity contribution in [3.8, 4) is 0 Å². The summed E-state index contributed by atoms with van der Waals surface area (Å²) < 4.78 is 0. The number of amides is 3. The Balaban J connectivity index is 2.51. The van der Waals surface area contributed by atoms with Crippen molar-refractivity contribution >= 4 is 17.9 Å². The summed E-state index contributed by atoms with van der Waals surface area (Å²) >= 11 is 0. The highest BCUT2D eigenvalue weighted by atomic mass is 16.4. The maximum absolute atomic E-state index is 11.6. The van der Waals surface area contributed by atoms with Gasteiger partial charge in [0.1, 0.15) is 6.04 Å². The molecule has 1 unspecified atom stereocenters. The molecule has 0 saturated carbocycles. The van der Waals surface area contributed by atoms with E-state index < -0.39 is 23.9 Å². The molecule has 1 heterocycles. The van der Waals surface area contributed by atoms with E-state index in [1.807, 2.05) is 0 Å². The molecule has 1 aromatic carbocycles. The van der Waals surface area contributed by atoms with Crippen LogP contribution in [0.1, 0.15) is 34.5 Å². The molecule has 1 fully saturated rings. The summed E-state index contributed by atoms with van der Waals surface area (Å²) in [5.41, 5.74) is 1.25. The Morgan fingerprint density at radius 2 is 2.11 bits per heavy atom. The topological polar surface area (TPSA) is 95.5 Å². The van der Waals surface area contributed by atoms with Crippen LogP contribution in [0.25, 0.3) is 0 Å². The Hall–Kier alpha value is -2.37. The second kappa shape index (κ2) is 4.48. The van der Waals surface area contributed by atoms with Crippen LogP contribution in [0.3, 0.4) is 0 Å². The molecule has 1 aromatic rings. The van der Waals surface area contributed by atoms with Gasteiger partial charge in [0.15, 0.2) is 0 Å². The number of benzene rings is 1. The molecule has 94 valence electrons. The van der Waals surface area contributed by atoms with Gasteiger partial charge in [-0.15, -0.1) is 0 Å². The molecule has 1 saturated heterocycles. The quantitative estimate of drug-likeness (QED) is 0.690. The number of nitrogens with one attached hydrogen (secondary N) is 2. The molecule has 1 aliphatic rings. The van der Waals surface area contributed by atoms with Gasteiger partial charge in [0.05, 0.1) is 5.56 Å². The minimum atomic E-state index is -1.04. The van der Waals surface area contributed by atoms with Crippen LogP contribution in [-0.2, 0) is 11.2 Å². The number of hydrogen-bond acceptors (Lipinski definition) is 3. The van der Waals surface area contributed by atoms with Crippen LogP contribution in [0.5, 0.6) is 0 Å². The molecule has 18 heavy (non-hydrogen) atoms. The van der Waals surface area contributed by atoms with Crippen LogP contribution in [0.15, 0.2) is 18.2 Å². The lowest BCUT2D eigenvalue weighted by atomic mass is 9.94. The summed E-state index contributed by atoms with van der Waals surface area (Å²) in [5.74, 6) is -1.50. The summed E-state index contributed by atoms with van der Waals surface area (Å²) in [5, 5.41) is 13.7. The van der Waals surface area contributed by atoms with E-state index >= 15 is 0 Å². The Morgan fingerprint density at radius 3 is 2.61 bits per heavy atom. The normalized spacial score (nSPS) is 18.4. The van der Waals surface area contributed by atoms with Gasteiger partial charge >= 0.3 is 12.0 Å². The van der Waals surface area contributed by atoms with Crippen LogP contribution in [0.4, 0.5) is 4.79 Å². The van der Waals surface area contributed by atoms with Crippen LogP contribution >= 0.6 is 0 Å². The Bertz CT molecular complexity index is 539. The van der Waals surface area contributed by atoms with E-state index in [4.69, 9.17) is 5.11 Å². The molecule has 0 radical (unpaired) electrons. The SMILES string of the molecule is CCc1c(C(=O)O)cccc1C1NC(=O)NC1=O. The Morgan fingerprint density at radius 1 is 1.39 bits per heavy atom. The van der Waals surface area contributed by atoms with Crippen molar-refractivity contribution < 1.29 is 19.5 Å². The largest absolute Gasteiger partial charge is 0.478 e. The average molecular weight is 248 g/mol. The van der Waals surface area contributed by atoms with Crippen LogP contribution in [-0.4, -0.2) is 23.0 Å². The number of carbonyl (C=O) groups excluding carboxylic acids is 2. The van der Waals surface area contributed by atoms with Crippen LogP contribution in [0.2, 0.25) is 0 Å². The van der Waals surface area contributed by atoms with Gasteiger partial charge in [0.2, 0.25) is 0 Å². The van der Waals surface area contributed by atoms with E-state index in [9.17, 15) is 14.4 Å². The van der Waals surface area contributed by atoms with E-state index in [1.165, 1.54) is 6.07 Å². The van der Waals surface area contributed by atoms with Crippen molar-refractivity contribution in [2.45, 2.75) is 19.4 Å². The van der Waals surface area contributed by atoms with Crippen molar-refractivity contribution in [3.05, 3.63) is 34.9 Å². The first kappa shape index (κ1) is 12.1. The number of carboxylic acids is 1. The van der Waals surface area contributed by atoms with Crippen molar-refractivity contribution in [2.75, 3.05) is 0 Å². The van der Waals surface area contributed by atoms with Crippen LogP contribution < -0.4 is 10.6 Å². The summed E-state index contributed by atoms with van der Waals surface area (Å²) in [6.07, 6.45) is 0.470. The number of imide groups is 1. The van der Waals surface area contributed by atoms with Crippen molar-refractivity contribution in [1.29, 1.82) is 0 Å². The fourth-order valence-electron chi connectivity index (χ4n) is 2.11. The molecule has 3 N–H and O–H groups in total. The zero-order valence-electron chi connectivity index (χ0n) is 9.69. The van der Waals surface area contributed by atoms with Crippen LogP contribution in [0, 0.1) is 0 Å². The van der Waals surface area contributed by atoms with Gasteiger partial charge in [-0.2, -0.15) is 0 Å². The van der Waals surface area contributed by atoms with Crippen molar-refractivity contribution in [3.63, 3.8) is 0 Å². The van der Waals surface area contributed by atoms with Gasteiger partial charge in [0, 0.05) is 0 Å². The van der Waals surface area contributed by atoms with Gasteiger partial charge in [-0.25, -0.2) is 9.59 Å². The minimum Gasteiger partial charge on any atom is -0.478 e. The smallest absolute Gasteiger partial charge is 0.335 e. The predicted molar refractivity (Wildman–Crippen MR) is 62.2 cm³/mol. The highest BCUT2D eigenvalue weighted by molar-refractivity contribution is 6.05. The third-order valence-corrected chi connectivity index (χ3v) is 2.88. The highest BCUT2D eigenvalue weighted by Gasteiger charge is 2.33. The summed E-state index contributed by atoms with van der Waals surface area (Å²) in [7, 11) is 0. The summed E-state index contributed by atoms with van der Waals surface area (Å²) in [4.78, 5) is 33.8. The average Bonchev–Trinajstić information content (AvgIpc) is 2.67. The predicted octanol–water partition coefficient (Wildman–Crippen LogP) is 0.828. The molecule has 0 aromatic heterocycles. The molecule has 3 amide bonds. The zero-order valence-corrected chi connectivity index (χ0v) is 9.69. The highest BCUT2D eigenvalue weighted by Crippen LogP contribution is 2.24. The summed E-state index contributed by atoms with van der Waals surface area (Å²) in [6.45, 7) is 1.81. The molecule has 6 heteroatoms. The lowest BCUT2D eigenvalue weighted by Crippen LogP contribution is -2.22. The van der Waals surface area contributed by atoms with E-state index in [0.717, 1.165) is 0 Å². The number of hydrogen-bond donors (Lipinski definition) is 3. The fourth-order valence-corrected chi connectivity index (χ4v) is 2.11. The summed E-state index contributed by atoms with van der Waals surface area (Å²) in [6, 6.07) is 3.33. The number of aromatic carboxylic acids is 1. The number of rotatable bonds is 3. The Kier molecular flexibility index (Phi) is 3.01. The third kappa shape index (κ3) is 1.92. The van der Waals surface area contributed by atoms with Gasteiger partial charge in [-0.3, -0.25) is 10.1 Å². The maximum atomic E-state index is 11.6. The minimum absolute atomic E-state index is 0.156. The first-order chi connectivity index (χ1) is 8.54. The molecular weight excluding hydrogens is 236 g/mol. The first-order valence-electron chi connectivity index (χ1n) is 5.51. The fraction of sp³-hybridized carbons (Fsp3) is 0.250. The van der Waals surface area contributed by atoms with Gasteiger partial charge in [-0.05, 0) is 23.6 Å². The Labute approximate surface area is 103 Å². The standard InChI is InChI=1S/C12H12N2O4/c1-2-6-7(4-3-5-8(6)11(16)17)9-10(15)14-12(18)13-9/h3-5,9H,2H2,1H3,(H,16,17)(H2,13,14,15,18). The molecule has 1 aliphatic heterocycles. The third-order valence-electron chi connectivity index (χ3n) is 2.88.